The SMILES string of the molecule is CC[N+]1(C)CC(C)C(C)C1C.CC[N+]1(C)CC(C)C(C)C1C. The molecule has 0 amide bonds. The molecule has 0 saturated carbocycles. The molecular weight excluding hydrogens is 268 g/mol. The van der Waals surface area contributed by atoms with Crippen LogP contribution in [-0.4, -0.2) is 61.3 Å². The van der Waals surface area contributed by atoms with Gasteiger partial charge in [0.05, 0.1) is 52.4 Å². The van der Waals surface area contributed by atoms with Crippen molar-refractivity contribution in [3.63, 3.8) is 0 Å². The zero-order valence-corrected chi connectivity index (χ0v) is 17.2. The molecule has 8 unspecified atom stereocenters. The van der Waals surface area contributed by atoms with Crippen LogP contribution in [0.5, 0.6) is 0 Å². The molecule has 0 N–H and O–H groups in total. The maximum Gasteiger partial charge on any atom is 0.0890 e. The minimum Gasteiger partial charge on any atom is -0.324 e. The summed E-state index contributed by atoms with van der Waals surface area (Å²) in [5, 5.41) is 0. The van der Waals surface area contributed by atoms with E-state index in [1.807, 2.05) is 0 Å². The Balaban J connectivity index is 0.000000220. The second-order valence-corrected chi connectivity index (χ2v) is 9.11. The lowest BCUT2D eigenvalue weighted by atomic mass is 9.95. The highest BCUT2D eigenvalue weighted by molar-refractivity contribution is 4.76. The fourth-order valence-electron chi connectivity index (χ4n) is 4.90. The average Bonchev–Trinajstić information content (AvgIpc) is 2.81. The summed E-state index contributed by atoms with van der Waals surface area (Å²) in [5.74, 6) is 3.63. The number of quaternary nitrogens is 2. The molecule has 2 heteroatoms. The molecule has 2 heterocycles. The van der Waals surface area contributed by atoms with Crippen LogP contribution in [0.4, 0.5) is 0 Å². The van der Waals surface area contributed by atoms with Gasteiger partial charge in [0.2, 0.25) is 0 Å². The van der Waals surface area contributed by atoms with E-state index >= 15 is 0 Å². The van der Waals surface area contributed by atoms with E-state index < -0.39 is 0 Å². The first-order valence-corrected chi connectivity index (χ1v) is 9.70. The molecule has 2 rings (SSSR count). The smallest absolute Gasteiger partial charge is 0.0890 e. The molecule has 0 radical (unpaired) electrons. The van der Waals surface area contributed by atoms with E-state index in [-0.39, 0.29) is 0 Å². The van der Waals surface area contributed by atoms with Gasteiger partial charge in [-0.25, -0.2) is 0 Å². The lowest BCUT2D eigenvalue weighted by Crippen LogP contribution is -2.47. The minimum absolute atomic E-state index is 0.856. The number of hydrogen-bond donors (Lipinski definition) is 0. The maximum atomic E-state index is 2.40. The van der Waals surface area contributed by atoms with Gasteiger partial charge in [-0.05, 0) is 27.7 Å². The number of rotatable bonds is 2. The van der Waals surface area contributed by atoms with E-state index in [9.17, 15) is 0 Å². The summed E-state index contributed by atoms with van der Waals surface area (Å²) in [4.78, 5) is 0. The Morgan fingerprint density at radius 2 is 0.909 bits per heavy atom. The van der Waals surface area contributed by atoms with E-state index in [1.165, 1.54) is 35.1 Å². The summed E-state index contributed by atoms with van der Waals surface area (Å²) in [6.07, 6.45) is 0. The number of hydrogen-bond acceptors (Lipinski definition) is 0. The third kappa shape index (κ3) is 3.70. The van der Waals surface area contributed by atoms with Crippen LogP contribution in [0.25, 0.3) is 0 Å². The molecule has 2 saturated heterocycles. The zero-order chi connectivity index (χ0) is 17.3. The Hall–Kier alpha value is -0.0800. The third-order valence-electron chi connectivity index (χ3n) is 8.14. The highest BCUT2D eigenvalue weighted by Gasteiger charge is 2.44. The van der Waals surface area contributed by atoms with Gasteiger partial charge in [0.1, 0.15) is 0 Å². The van der Waals surface area contributed by atoms with Gasteiger partial charge in [0, 0.05) is 23.7 Å². The van der Waals surface area contributed by atoms with Crippen molar-refractivity contribution in [1.82, 2.24) is 0 Å². The molecule has 0 spiro atoms. The largest absolute Gasteiger partial charge is 0.324 e. The quantitative estimate of drug-likeness (QED) is 0.669. The molecule has 0 aromatic carbocycles. The lowest BCUT2D eigenvalue weighted by molar-refractivity contribution is -0.920. The van der Waals surface area contributed by atoms with E-state index in [0.29, 0.717) is 0 Å². The summed E-state index contributed by atoms with van der Waals surface area (Å²) >= 11 is 0. The van der Waals surface area contributed by atoms with Crippen LogP contribution in [0.2, 0.25) is 0 Å². The van der Waals surface area contributed by atoms with E-state index in [0.717, 1.165) is 35.8 Å². The molecule has 0 aromatic rings. The van der Waals surface area contributed by atoms with Crippen LogP contribution in [0.15, 0.2) is 0 Å². The average molecular weight is 313 g/mol. The minimum atomic E-state index is 0.856. The summed E-state index contributed by atoms with van der Waals surface area (Å²) in [7, 11) is 4.79. The molecule has 0 aliphatic carbocycles. The van der Waals surface area contributed by atoms with Gasteiger partial charge in [-0.2, -0.15) is 0 Å². The number of likely N-dealkylation sites (tertiary alicyclic amines) is 2. The van der Waals surface area contributed by atoms with Crippen molar-refractivity contribution in [2.75, 3.05) is 40.3 Å². The Kier molecular flexibility index (Phi) is 6.55. The fraction of sp³-hybridized carbons (Fsp3) is 1.00. The highest BCUT2D eigenvalue weighted by Crippen LogP contribution is 2.34. The van der Waals surface area contributed by atoms with Crippen molar-refractivity contribution in [2.45, 2.75) is 67.5 Å². The first-order valence-electron chi connectivity index (χ1n) is 9.70. The zero-order valence-electron chi connectivity index (χ0n) is 17.2. The van der Waals surface area contributed by atoms with Crippen molar-refractivity contribution >= 4 is 0 Å². The molecule has 0 bridgehead atoms. The van der Waals surface area contributed by atoms with Crippen molar-refractivity contribution < 1.29 is 8.97 Å². The van der Waals surface area contributed by atoms with Gasteiger partial charge in [0.25, 0.3) is 0 Å². The van der Waals surface area contributed by atoms with Crippen LogP contribution in [0, 0.1) is 23.7 Å². The predicted molar refractivity (Wildman–Crippen MR) is 98.8 cm³/mol. The second-order valence-electron chi connectivity index (χ2n) is 9.11. The van der Waals surface area contributed by atoms with Crippen molar-refractivity contribution in [2.24, 2.45) is 23.7 Å². The molecule has 2 aliphatic heterocycles. The first kappa shape index (κ1) is 20.0. The molecule has 2 nitrogen and oxygen atoms in total. The maximum absolute atomic E-state index is 2.40. The van der Waals surface area contributed by atoms with E-state index in [4.69, 9.17) is 0 Å². The molecule has 2 fully saturated rings. The number of nitrogens with zero attached hydrogens (tertiary/aromatic N) is 2. The van der Waals surface area contributed by atoms with Crippen LogP contribution in [-0.2, 0) is 0 Å². The van der Waals surface area contributed by atoms with Crippen molar-refractivity contribution in [1.29, 1.82) is 0 Å². The van der Waals surface area contributed by atoms with Crippen LogP contribution in [0.3, 0.4) is 0 Å². The van der Waals surface area contributed by atoms with Crippen molar-refractivity contribution in [3.8, 4) is 0 Å². The third-order valence-corrected chi connectivity index (χ3v) is 8.14. The molecular formula is C20H44N2+2. The summed E-state index contributed by atoms with van der Waals surface area (Å²) in [5.41, 5.74) is 0. The Morgan fingerprint density at radius 3 is 1.00 bits per heavy atom. The lowest BCUT2D eigenvalue weighted by Gasteiger charge is -2.34. The van der Waals surface area contributed by atoms with E-state index in [1.54, 1.807) is 0 Å². The van der Waals surface area contributed by atoms with Gasteiger partial charge < -0.3 is 8.97 Å². The fourth-order valence-corrected chi connectivity index (χ4v) is 4.90. The Labute approximate surface area is 141 Å². The first-order chi connectivity index (χ1) is 10.0. The molecule has 0 aromatic heterocycles. The second kappa shape index (κ2) is 7.21. The molecule has 2 aliphatic rings. The van der Waals surface area contributed by atoms with Crippen LogP contribution in [0.1, 0.15) is 55.4 Å². The Morgan fingerprint density at radius 1 is 0.636 bits per heavy atom. The van der Waals surface area contributed by atoms with Gasteiger partial charge in [-0.1, -0.05) is 27.7 Å². The van der Waals surface area contributed by atoms with Gasteiger partial charge in [0.15, 0.2) is 0 Å². The monoisotopic (exact) mass is 312 g/mol. The molecule has 8 atom stereocenters. The topological polar surface area (TPSA) is 0 Å². The summed E-state index contributed by atoms with van der Waals surface area (Å²) < 4.78 is 2.56. The highest BCUT2D eigenvalue weighted by atomic mass is 15.4. The predicted octanol–water partition coefficient (Wildman–Crippen LogP) is 4.25. The van der Waals surface area contributed by atoms with Crippen LogP contribution < -0.4 is 0 Å². The van der Waals surface area contributed by atoms with Crippen molar-refractivity contribution in [3.05, 3.63) is 0 Å². The molecule has 132 valence electrons. The summed E-state index contributed by atoms with van der Waals surface area (Å²) in [6, 6.07) is 1.71. The van der Waals surface area contributed by atoms with Gasteiger partial charge in [-0.3, -0.25) is 0 Å². The normalized spacial score (nSPS) is 51.5. The van der Waals surface area contributed by atoms with E-state index in [2.05, 4.69) is 69.5 Å². The standard InChI is InChI=1S/2C10H22N/c2*1-6-11(5)7-8(2)9(3)10(11)4/h2*8-10H,6-7H2,1-5H3/q2*+1. The Bertz CT molecular complexity index is 322. The van der Waals surface area contributed by atoms with Gasteiger partial charge >= 0.3 is 0 Å². The van der Waals surface area contributed by atoms with Crippen LogP contribution >= 0.6 is 0 Å². The summed E-state index contributed by atoms with van der Waals surface area (Å²) in [6.45, 7) is 24.3. The molecule has 22 heavy (non-hydrogen) atoms. The van der Waals surface area contributed by atoms with Gasteiger partial charge in [-0.15, -0.1) is 0 Å².